The van der Waals surface area contributed by atoms with Gasteiger partial charge in [0.05, 0.1) is 6.61 Å². The van der Waals surface area contributed by atoms with Gasteiger partial charge in [-0.05, 0) is 0 Å². The Morgan fingerprint density at radius 2 is 1.06 bits per heavy atom. The molecule has 47 heavy (non-hydrogen) atoms. The molecule has 0 saturated carbocycles. The van der Waals surface area contributed by atoms with Crippen LogP contribution in [-0.2, 0) is 90.5 Å². The summed E-state index contributed by atoms with van der Waals surface area (Å²) in [7, 11) is 0. The van der Waals surface area contributed by atoms with Crippen LogP contribution in [0.1, 0.15) is 55.4 Å². The minimum Gasteiger partial charge on any atom is -0.463 e. The fourth-order valence-electron chi connectivity index (χ4n) is 4.80. The highest BCUT2D eigenvalue weighted by Gasteiger charge is 2.62. The van der Waals surface area contributed by atoms with E-state index in [9.17, 15) is 38.4 Å². The smallest absolute Gasteiger partial charge is 0.305 e. The first kappa shape index (κ1) is 38.8. The van der Waals surface area contributed by atoms with Crippen molar-refractivity contribution in [1.29, 1.82) is 0 Å². The van der Waals surface area contributed by atoms with Crippen LogP contribution in [0, 0.1) is 0 Å². The second kappa shape index (κ2) is 17.0. The summed E-state index contributed by atoms with van der Waals surface area (Å²) in [5.74, 6) is -9.66. The van der Waals surface area contributed by atoms with E-state index in [2.05, 4.69) is 0 Å². The average Bonchev–Trinajstić information content (AvgIpc) is 2.91. The highest BCUT2D eigenvalue weighted by molar-refractivity contribution is 5.70. The fourth-order valence-corrected chi connectivity index (χ4v) is 4.80. The van der Waals surface area contributed by atoms with E-state index in [0.717, 1.165) is 55.4 Å². The van der Waals surface area contributed by atoms with E-state index in [1.165, 1.54) is 0 Å². The normalized spacial score (nSPS) is 30.0. The van der Waals surface area contributed by atoms with Gasteiger partial charge in [-0.3, -0.25) is 38.4 Å². The first-order valence-electron chi connectivity index (χ1n) is 14.1. The summed E-state index contributed by atoms with van der Waals surface area (Å²) in [6.45, 7) is 6.08. The van der Waals surface area contributed by atoms with Crippen molar-refractivity contribution >= 4 is 47.8 Å². The summed E-state index contributed by atoms with van der Waals surface area (Å²) < 4.78 is 60.4. The SMILES string of the molecule is CC(=O)OC[C@@H]1O[C@@H](O[C@@H]2[C@H](OC(C)=O)[C@H](OC(C)=O)CO[C@@]2(COC(C)=O)OC(C)=O)[C@@H](OC(C)=O)[C@@H](OC(C)=O)[C@@H]1OC(C)=O. The van der Waals surface area contributed by atoms with Crippen LogP contribution in [0.5, 0.6) is 0 Å². The largest absolute Gasteiger partial charge is 0.463 e. The van der Waals surface area contributed by atoms with Gasteiger partial charge >= 0.3 is 47.8 Å². The van der Waals surface area contributed by atoms with E-state index in [1.54, 1.807) is 0 Å². The number of hydrogen-bond acceptors (Lipinski definition) is 19. The maximum atomic E-state index is 12.4. The van der Waals surface area contributed by atoms with Gasteiger partial charge in [0.15, 0.2) is 49.5 Å². The van der Waals surface area contributed by atoms with E-state index in [4.69, 9.17) is 52.1 Å². The summed E-state index contributed by atoms with van der Waals surface area (Å²) in [5, 5.41) is 0. The Bertz CT molecular complexity index is 1210. The van der Waals surface area contributed by atoms with Crippen molar-refractivity contribution in [1.82, 2.24) is 0 Å². The van der Waals surface area contributed by atoms with Crippen LogP contribution in [0.3, 0.4) is 0 Å². The molecule has 0 bridgehead atoms. The third kappa shape index (κ3) is 11.4. The highest BCUT2D eigenvalue weighted by atomic mass is 16.8. The molecular formula is C28H38O19. The molecule has 2 saturated heterocycles. The van der Waals surface area contributed by atoms with Gasteiger partial charge in [0.2, 0.25) is 0 Å². The summed E-state index contributed by atoms with van der Waals surface area (Å²) in [5.41, 5.74) is 0. The third-order valence-corrected chi connectivity index (χ3v) is 6.23. The molecule has 0 aliphatic carbocycles. The molecule has 19 nitrogen and oxygen atoms in total. The lowest BCUT2D eigenvalue weighted by Gasteiger charge is -2.50. The molecule has 19 heteroatoms. The van der Waals surface area contributed by atoms with Gasteiger partial charge in [-0.25, -0.2) is 0 Å². The number of carbonyl (C=O) groups is 8. The Morgan fingerprint density at radius 1 is 0.574 bits per heavy atom. The zero-order chi connectivity index (χ0) is 35.6. The number of esters is 8. The Balaban J connectivity index is 2.81. The molecule has 264 valence electrons. The van der Waals surface area contributed by atoms with Gasteiger partial charge in [-0.15, -0.1) is 0 Å². The Labute approximate surface area is 268 Å². The Morgan fingerprint density at radius 3 is 1.55 bits per heavy atom. The molecule has 2 fully saturated rings. The van der Waals surface area contributed by atoms with Crippen molar-refractivity contribution < 1.29 is 90.5 Å². The average molecular weight is 679 g/mol. The lowest BCUT2D eigenvalue weighted by molar-refractivity contribution is -0.387. The van der Waals surface area contributed by atoms with Crippen molar-refractivity contribution in [3.8, 4) is 0 Å². The fraction of sp³-hybridized carbons (Fsp3) is 0.714. The molecule has 2 aliphatic rings. The molecule has 0 aromatic heterocycles. The molecule has 0 spiro atoms. The topological polar surface area (TPSA) is 238 Å². The lowest BCUT2D eigenvalue weighted by Crippen LogP contribution is -2.70. The molecule has 2 rings (SSSR count). The van der Waals surface area contributed by atoms with Crippen molar-refractivity contribution in [2.75, 3.05) is 19.8 Å². The molecule has 2 aliphatic heterocycles. The zero-order valence-electron chi connectivity index (χ0n) is 27.0. The van der Waals surface area contributed by atoms with Crippen molar-refractivity contribution in [3.05, 3.63) is 0 Å². The number of carbonyl (C=O) groups excluding carboxylic acids is 8. The van der Waals surface area contributed by atoms with Crippen LogP contribution >= 0.6 is 0 Å². The van der Waals surface area contributed by atoms with Crippen LogP contribution in [-0.4, -0.2) is 122 Å². The van der Waals surface area contributed by atoms with Crippen LogP contribution in [0.25, 0.3) is 0 Å². The van der Waals surface area contributed by atoms with Gasteiger partial charge in [0.1, 0.15) is 12.7 Å². The third-order valence-electron chi connectivity index (χ3n) is 6.23. The molecule has 2 heterocycles. The predicted molar refractivity (Wildman–Crippen MR) is 145 cm³/mol. The van der Waals surface area contributed by atoms with Gasteiger partial charge < -0.3 is 52.1 Å². The van der Waals surface area contributed by atoms with Gasteiger partial charge in [0.25, 0.3) is 5.79 Å². The summed E-state index contributed by atoms with van der Waals surface area (Å²) in [6.07, 6.45) is -13.5. The quantitative estimate of drug-likeness (QED) is 0.181. The standard InChI is InChI=1S/C28H38O19/c1-12(29)37-9-20-22(41-15(4)32)24(43-17(6)34)25(44-18(7)35)27(45-20)46-26-23(42-16(5)33)21(40-14(3)31)10-39-28(26,47-19(8)36)11-38-13(2)30/h20-27H,9-11H2,1-8H3/t20-,21+,22+,23+,24-,25-,26+,27-,28-/m0/s1. The summed E-state index contributed by atoms with van der Waals surface area (Å²) in [6, 6.07) is 0. The molecular weight excluding hydrogens is 640 g/mol. The Kier molecular flexibility index (Phi) is 14.0. The minimum absolute atomic E-state index is 0.579. The number of hydrogen-bond donors (Lipinski definition) is 0. The van der Waals surface area contributed by atoms with Crippen LogP contribution < -0.4 is 0 Å². The zero-order valence-corrected chi connectivity index (χ0v) is 27.0. The first-order valence-corrected chi connectivity index (χ1v) is 14.1. The summed E-state index contributed by atoms with van der Waals surface area (Å²) in [4.78, 5) is 96.8. The van der Waals surface area contributed by atoms with Crippen LogP contribution in [0.2, 0.25) is 0 Å². The van der Waals surface area contributed by atoms with E-state index in [-0.39, 0.29) is 0 Å². The maximum Gasteiger partial charge on any atom is 0.305 e. The second-order valence-electron chi connectivity index (χ2n) is 10.3. The van der Waals surface area contributed by atoms with Gasteiger partial charge in [-0.2, -0.15) is 0 Å². The van der Waals surface area contributed by atoms with E-state index in [1.807, 2.05) is 0 Å². The van der Waals surface area contributed by atoms with E-state index >= 15 is 0 Å². The van der Waals surface area contributed by atoms with Crippen molar-refractivity contribution in [2.24, 2.45) is 0 Å². The molecule has 0 aromatic rings. The maximum absolute atomic E-state index is 12.4. The number of ether oxygens (including phenoxy) is 11. The van der Waals surface area contributed by atoms with Gasteiger partial charge in [-0.1, -0.05) is 0 Å². The predicted octanol–water partition coefficient (Wildman–Crippen LogP) is -0.829. The van der Waals surface area contributed by atoms with Crippen LogP contribution in [0.4, 0.5) is 0 Å². The van der Waals surface area contributed by atoms with Gasteiger partial charge in [0, 0.05) is 55.4 Å². The Hall–Kier alpha value is -4.36. The highest BCUT2D eigenvalue weighted by Crippen LogP contribution is 2.38. The lowest BCUT2D eigenvalue weighted by atomic mass is 9.94. The van der Waals surface area contributed by atoms with Crippen molar-refractivity contribution in [3.63, 3.8) is 0 Å². The van der Waals surface area contributed by atoms with Crippen molar-refractivity contribution in [2.45, 2.75) is 110 Å². The monoisotopic (exact) mass is 678 g/mol. The second-order valence-corrected chi connectivity index (χ2v) is 10.3. The molecule has 0 unspecified atom stereocenters. The van der Waals surface area contributed by atoms with E-state index in [0.29, 0.717) is 0 Å². The molecule has 0 N–H and O–H groups in total. The number of rotatable bonds is 12. The van der Waals surface area contributed by atoms with Crippen LogP contribution in [0.15, 0.2) is 0 Å². The molecule has 9 atom stereocenters. The summed E-state index contributed by atoms with van der Waals surface area (Å²) >= 11 is 0. The molecule has 0 amide bonds. The minimum atomic E-state index is -2.44. The first-order chi connectivity index (χ1) is 21.8. The molecule has 0 aromatic carbocycles. The molecule has 0 radical (unpaired) electrons. The van der Waals surface area contributed by atoms with E-state index < -0.39 is 122 Å².